The highest BCUT2D eigenvalue weighted by atomic mass is 32.1. The van der Waals surface area contributed by atoms with Crippen LogP contribution >= 0.6 is 11.3 Å². The standard InChI is InChI=1S/C14H11F3N2O4S/c15-14(16,17)13(23)4-7(5-13)10(20)19-12-18-8-2-1-6(11(21)22)3-9(8)24-12/h1-3,7,23H,4-5H2,(H,21,22)(H,18,19,20). The number of alkyl halides is 3. The Morgan fingerprint density at radius 2 is 2.00 bits per heavy atom. The molecule has 0 radical (unpaired) electrons. The zero-order valence-electron chi connectivity index (χ0n) is 11.9. The highest BCUT2D eigenvalue weighted by Gasteiger charge is 2.62. The lowest BCUT2D eigenvalue weighted by Crippen LogP contribution is -2.57. The van der Waals surface area contributed by atoms with E-state index in [1.807, 2.05) is 0 Å². The Morgan fingerprint density at radius 3 is 2.58 bits per heavy atom. The summed E-state index contributed by atoms with van der Waals surface area (Å²) in [4.78, 5) is 26.9. The van der Waals surface area contributed by atoms with Gasteiger partial charge in [-0.25, -0.2) is 9.78 Å². The number of aliphatic hydroxyl groups is 1. The molecule has 3 rings (SSSR count). The number of nitrogens with zero attached hydrogens (tertiary/aromatic N) is 1. The van der Waals surface area contributed by atoms with Gasteiger partial charge in [-0.15, -0.1) is 0 Å². The fraction of sp³-hybridized carbons (Fsp3) is 0.357. The summed E-state index contributed by atoms with van der Waals surface area (Å²) in [5.41, 5.74) is -2.27. The number of thiazole rings is 1. The van der Waals surface area contributed by atoms with Crippen molar-refractivity contribution in [3.8, 4) is 0 Å². The Kier molecular flexibility index (Phi) is 3.76. The summed E-state index contributed by atoms with van der Waals surface area (Å²) in [7, 11) is 0. The topological polar surface area (TPSA) is 99.5 Å². The minimum absolute atomic E-state index is 0.0678. The molecule has 0 spiro atoms. The van der Waals surface area contributed by atoms with Crippen molar-refractivity contribution in [2.24, 2.45) is 5.92 Å². The molecule has 10 heteroatoms. The van der Waals surface area contributed by atoms with Crippen molar-refractivity contribution in [3.05, 3.63) is 23.8 Å². The summed E-state index contributed by atoms with van der Waals surface area (Å²) in [6.07, 6.45) is -6.13. The number of carbonyl (C=O) groups is 2. The average molecular weight is 360 g/mol. The van der Waals surface area contributed by atoms with Crippen molar-refractivity contribution in [1.29, 1.82) is 0 Å². The minimum Gasteiger partial charge on any atom is -0.478 e. The lowest BCUT2D eigenvalue weighted by atomic mass is 9.70. The zero-order chi connectivity index (χ0) is 17.7. The van der Waals surface area contributed by atoms with Crippen LogP contribution in [0.3, 0.4) is 0 Å². The molecule has 0 atom stereocenters. The first kappa shape index (κ1) is 16.7. The average Bonchev–Trinajstić information content (AvgIpc) is 2.83. The predicted octanol–water partition coefficient (Wildman–Crippen LogP) is 2.64. The van der Waals surface area contributed by atoms with E-state index in [1.54, 1.807) is 0 Å². The second kappa shape index (κ2) is 5.42. The van der Waals surface area contributed by atoms with Crippen LogP contribution in [0.4, 0.5) is 18.3 Å². The number of carbonyl (C=O) groups excluding carboxylic acids is 1. The van der Waals surface area contributed by atoms with Crippen LogP contribution in [0, 0.1) is 5.92 Å². The molecular formula is C14H11F3N2O4S. The molecule has 24 heavy (non-hydrogen) atoms. The Hall–Kier alpha value is -2.20. The first-order chi connectivity index (χ1) is 11.1. The maximum Gasteiger partial charge on any atom is 0.417 e. The number of carboxylic acids is 1. The molecule has 3 N–H and O–H groups in total. The van der Waals surface area contributed by atoms with Gasteiger partial charge in [-0.1, -0.05) is 11.3 Å². The van der Waals surface area contributed by atoms with E-state index in [4.69, 9.17) is 5.11 Å². The number of nitrogens with one attached hydrogen (secondary N) is 1. The Morgan fingerprint density at radius 1 is 1.33 bits per heavy atom. The second-order valence-electron chi connectivity index (χ2n) is 5.63. The summed E-state index contributed by atoms with van der Waals surface area (Å²) in [5, 5.41) is 20.9. The molecule has 0 bridgehead atoms. The van der Waals surface area contributed by atoms with Gasteiger partial charge >= 0.3 is 12.1 Å². The smallest absolute Gasteiger partial charge is 0.417 e. The molecule has 0 unspecified atom stereocenters. The van der Waals surface area contributed by atoms with Gasteiger partial charge in [-0.2, -0.15) is 13.2 Å². The van der Waals surface area contributed by atoms with Gasteiger partial charge < -0.3 is 15.5 Å². The van der Waals surface area contributed by atoms with Crippen LogP contribution in [0.25, 0.3) is 10.2 Å². The van der Waals surface area contributed by atoms with Crippen LogP contribution in [-0.2, 0) is 4.79 Å². The number of carboxylic acid groups (broad SMARTS) is 1. The van der Waals surface area contributed by atoms with E-state index in [0.29, 0.717) is 10.2 Å². The van der Waals surface area contributed by atoms with Gasteiger partial charge in [0.05, 0.1) is 15.8 Å². The normalized spacial score (nSPS) is 23.8. The fourth-order valence-electron chi connectivity index (χ4n) is 2.49. The summed E-state index contributed by atoms with van der Waals surface area (Å²) < 4.78 is 38.2. The molecular weight excluding hydrogens is 349 g/mol. The number of aromatic nitrogens is 1. The number of aromatic carboxylic acids is 1. The fourth-order valence-corrected chi connectivity index (χ4v) is 3.40. The van der Waals surface area contributed by atoms with Crippen molar-refractivity contribution in [2.75, 3.05) is 5.32 Å². The van der Waals surface area contributed by atoms with Crippen molar-refractivity contribution in [1.82, 2.24) is 4.98 Å². The third-order valence-electron chi connectivity index (χ3n) is 3.93. The van der Waals surface area contributed by atoms with Gasteiger partial charge in [0.1, 0.15) is 0 Å². The van der Waals surface area contributed by atoms with Gasteiger partial charge in [0.25, 0.3) is 0 Å². The van der Waals surface area contributed by atoms with Crippen molar-refractivity contribution in [2.45, 2.75) is 24.6 Å². The Bertz CT molecular complexity index is 827. The highest BCUT2D eigenvalue weighted by Crippen LogP contribution is 2.48. The second-order valence-corrected chi connectivity index (χ2v) is 6.66. The quantitative estimate of drug-likeness (QED) is 0.781. The third-order valence-corrected chi connectivity index (χ3v) is 4.87. The first-order valence-electron chi connectivity index (χ1n) is 6.83. The van der Waals surface area contributed by atoms with Crippen molar-refractivity contribution >= 4 is 38.6 Å². The molecule has 1 saturated carbocycles. The molecule has 1 aliphatic rings. The summed E-state index contributed by atoms with van der Waals surface area (Å²) >= 11 is 1.02. The van der Waals surface area contributed by atoms with Crippen LogP contribution in [-0.4, -0.2) is 38.9 Å². The maximum atomic E-state index is 12.6. The highest BCUT2D eigenvalue weighted by molar-refractivity contribution is 7.22. The number of hydrogen-bond acceptors (Lipinski definition) is 5. The van der Waals surface area contributed by atoms with E-state index in [9.17, 15) is 27.9 Å². The van der Waals surface area contributed by atoms with Crippen LogP contribution in [0.1, 0.15) is 23.2 Å². The van der Waals surface area contributed by atoms with Crippen LogP contribution in [0.2, 0.25) is 0 Å². The molecule has 0 aliphatic heterocycles. The molecule has 1 aliphatic carbocycles. The molecule has 1 aromatic carbocycles. The lowest BCUT2D eigenvalue weighted by molar-refractivity contribution is -0.295. The molecule has 2 aromatic rings. The van der Waals surface area contributed by atoms with Gasteiger partial charge in [0, 0.05) is 5.92 Å². The maximum absolute atomic E-state index is 12.6. The van der Waals surface area contributed by atoms with Gasteiger partial charge in [-0.05, 0) is 31.0 Å². The number of halogens is 3. The van der Waals surface area contributed by atoms with Crippen LogP contribution < -0.4 is 5.32 Å². The monoisotopic (exact) mass is 360 g/mol. The van der Waals surface area contributed by atoms with Crippen LogP contribution in [0.15, 0.2) is 18.2 Å². The van der Waals surface area contributed by atoms with E-state index in [0.717, 1.165) is 11.3 Å². The summed E-state index contributed by atoms with van der Waals surface area (Å²) in [6.45, 7) is 0. The zero-order valence-corrected chi connectivity index (χ0v) is 12.7. The number of benzene rings is 1. The Labute approximate surface area is 136 Å². The van der Waals surface area contributed by atoms with Gasteiger partial charge in [0.2, 0.25) is 5.91 Å². The minimum atomic E-state index is -4.76. The van der Waals surface area contributed by atoms with E-state index in [2.05, 4.69) is 10.3 Å². The number of anilines is 1. The van der Waals surface area contributed by atoms with Crippen molar-refractivity contribution in [3.63, 3.8) is 0 Å². The van der Waals surface area contributed by atoms with Crippen molar-refractivity contribution < 1.29 is 33.0 Å². The number of hydrogen-bond donors (Lipinski definition) is 3. The number of rotatable bonds is 3. The lowest BCUT2D eigenvalue weighted by Gasteiger charge is -2.43. The van der Waals surface area contributed by atoms with E-state index in [1.165, 1.54) is 18.2 Å². The van der Waals surface area contributed by atoms with E-state index < -0.39 is 42.4 Å². The van der Waals surface area contributed by atoms with Crippen LogP contribution in [0.5, 0.6) is 0 Å². The van der Waals surface area contributed by atoms with E-state index >= 15 is 0 Å². The van der Waals surface area contributed by atoms with E-state index in [-0.39, 0.29) is 10.7 Å². The molecule has 1 fully saturated rings. The SMILES string of the molecule is O=C(O)c1ccc2nc(NC(=O)C3CC(O)(C(F)(F)F)C3)sc2c1. The number of fused-ring (bicyclic) bond motifs is 1. The van der Waals surface area contributed by atoms with Gasteiger partial charge in [0.15, 0.2) is 10.7 Å². The molecule has 0 saturated heterocycles. The summed E-state index contributed by atoms with van der Waals surface area (Å²) in [6, 6.07) is 4.25. The van der Waals surface area contributed by atoms with Gasteiger partial charge in [-0.3, -0.25) is 4.79 Å². The molecule has 1 amide bonds. The molecule has 1 aromatic heterocycles. The molecule has 128 valence electrons. The molecule has 6 nitrogen and oxygen atoms in total. The molecule has 1 heterocycles. The first-order valence-corrected chi connectivity index (χ1v) is 7.64. The largest absolute Gasteiger partial charge is 0.478 e. The summed E-state index contributed by atoms with van der Waals surface area (Å²) in [5.74, 6) is -2.70. The number of amides is 1. The Balaban J connectivity index is 1.70. The third kappa shape index (κ3) is 2.82. The predicted molar refractivity (Wildman–Crippen MR) is 78.9 cm³/mol.